The fraction of sp³-hybridized carbons (Fsp3) is 0.647. The summed E-state index contributed by atoms with van der Waals surface area (Å²) in [6.07, 6.45) is 10.00. The molecule has 0 bridgehead atoms. The fourth-order valence-corrected chi connectivity index (χ4v) is 3.47. The molecule has 0 aliphatic heterocycles. The average molecular weight is 292 g/mol. The molecule has 1 aromatic carbocycles. The smallest absolute Gasteiger partial charge is 0.423 e. The summed E-state index contributed by atoms with van der Waals surface area (Å²) in [7, 11) is -1.73. The number of rotatable bonds is 6. The van der Waals surface area contributed by atoms with Gasteiger partial charge < -0.3 is 10.0 Å². The maximum absolute atomic E-state index is 13.8. The summed E-state index contributed by atoms with van der Waals surface area (Å²) in [4.78, 5) is 0. The number of halogens is 1. The minimum atomic E-state index is -1.73. The maximum Gasteiger partial charge on any atom is 0.491 e. The zero-order valence-electron chi connectivity index (χ0n) is 12.9. The molecule has 2 nitrogen and oxygen atoms in total. The van der Waals surface area contributed by atoms with Crippen LogP contribution in [-0.2, 0) is 0 Å². The third-order valence-corrected chi connectivity index (χ3v) is 4.84. The van der Waals surface area contributed by atoms with E-state index in [2.05, 4.69) is 6.92 Å². The van der Waals surface area contributed by atoms with Crippen LogP contribution in [-0.4, -0.2) is 17.2 Å². The Morgan fingerprint density at radius 3 is 2.43 bits per heavy atom. The molecular weight excluding hydrogens is 266 g/mol. The average Bonchev–Trinajstić information content (AvgIpc) is 2.48. The maximum atomic E-state index is 13.8. The van der Waals surface area contributed by atoms with Crippen molar-refractivity contribution >= 4 is 12.6 Å². The highest BCUT2D eigenvalue weighted by molar-refractivity contribution is 6.58. The van der Waals surface area contributed by atoms with Crippen molar-refractivity contribution < 1.29 is 14.4 Å². The number of benzene rings is 1. The molecule has 2 rings (SSSR count). The summed E-state index contributed by atoms with van der Waals surface area (Å²) in [6.45, 7) is 2.23. The van der Waals surface area contributed by atoms with Crippen molar-refractivity contribution in [3.05, 3.63) is 29.6 Å². The van der Waals surface area contributed by atoms with E-state index in [4.69, 9.17) is 10.0 Å². The molecular formula is C17H26BFO2. The molecule has 1 aromatic rings. The Morgan fingerprint density at radius 2 is 1.86 bits per heavy atom. The van der Waals surface area contributed by atoms with Crippen molar-refractivity contribution in [1.82, 2.24) is 0 Å². The van der Waals surface area contributed by atoms with Crippen LogP contribution in [0.25, 0.3) is 0 Å². The second-order valence-electron chi connectivity index (χ2n) is 6.37. The predicted octanol–water partition coefficient (Wildman–Crippen LogP) is 3.36. The van der Waals surface area contributed by atoms with E-state index in [1.165, 1.54) is 50.7 Å². The van der Waals surface area contributed by atoms with Gasteiger partial charge in [0.15, 0.2) is 0 Å². The van der Waals surface area contributed by atoms with Gasteiger partial charge in [-0.15, -0.1) is 0 Å². The van der Waals surface area contributed by atoms with Crippen LogP contribution < -0.4 is 5.46 Å². The molecule has 0 spiro atoms. The number of unbranched alkanes of at least 4 members (excludes halogenated alkanes) is 2. The highest BCUT2D eigenvalue weighted by Crippen LogP contribution is 2.37. The molecule has 0 atom stereocenters. The van der Waals surface area contributed by atoms with Crippen molar-refractivity contribution in [2.24, 2.45) is 5.92 Å². The van der Waals surface area contributed by atoms with Gasteiger partial charge in [0, 0.05) is 5.46 Å². The molecule has 116 valence electrons. The third kappa shape index (κ3) is 4.55. The molecule has 0 unspecified atom stereocenters. The lowest BCUT2D eigenvalue weighted by atomic mass is 9.75. The molecule has 0 radical (unpaired) electrons. The highest BCUT2D eigenvalue weighted by atomic mass is 19.1. The predicted molar refractivity (Wildman–Crippen MR) is 85.1 cm³/mol. The van der Waals surface area contributed by atoms with Gasteiger partial charge in [-0.3, -0.25) is 0 Å². The molecule has 0 aromatic heterocycles. The lowest BCUT2D eigenvalue weighted by Gasteiger charge is -2.29. The molecule has 21 heavy (non-hydrogen) atoms. The van der Waals surface area contributed by atoms with Crippen molar-refractivity contribution in [3.8, 4) is 0 Å². The first-order chi connectivity index (χ1) is 10.1. The number of hydrogen-bond acceptors (Lipinski definition) is 2. The Hall–Kier alpha value is -0.865. The molecule has 1 aliphatic rings. The minimum Gasteiger partial charge on any atom is -0.423 e. The summed E-state index contributed by atoms with van der Waals surface area (Å²) < 4.78 is 13.8. The summed E-state index contributed by atoms with van der Waals surface area (Å²) in [5.41, 5.74) is 0.968. The van der Waals surface area contributed by atoms with Crippen LogP contribution in [0.1, 0.15) is 69.8 Å². The molecule has 1 saturated carbocycles. The van der Waals surface area contributed by atoms with Crippen LogP contribution in [0.5, 0.6) is 0 Å². The second kappa shape index (κ2) is 7.95. The van der Waals surface area contributed by atoms with Crippen LogP contribution in [0.2, 0.25) is 0 Å². The minimum absolute atomic E-state index is 0.0352. The Kier molecular flexibility index (Phi) is 6.25. The van der Waals surface area contributed by atoms with Crippen LogP contribution >= 0.6 is 0 Å². The Morgan fingerprint density at radius 1 is 1.14 bits per heavy atom. The quantitative estimate of drug-likeness (QED) is 0.623. The van der Waals surface area contributed by atoms with Crippen LogP contribution in [0, 0.1) is 11.7 Å². The Balaban J connectivity index is 1.89. The Bertz CT molecular complexity index is 442. The molecule has 0 amide bonds. The molecule has 1 fully saturated rings. The van der Waals surface area contributed by atoms with E-state index >= 15 is 0 Å². The molecule has 1 aliphatic carbocycles. The van der Waals surface area contributed by atoms with E-state index in [1.54, 1.807) is 0 Å². The van der Waals surface area contributed by atoms with E-state index in [-0.39, 0.29) is 5.46 Å². The van der Waals surface area contributed by atoms with E-state index in [0.29, 0.717) is 5.92 Å². The van der Waals surface area contributed by atoms with Gasteiger partial charge in [0.25, 0.3) is 0 Å². The standard InChI is InChI=1S/C17H26BFO2/c1-2-3-4-5-13-6-8-14(9-7-13)15-10-11-16(18(20)21)17(19)12-15/h10-14,20-21H,2-9H2,1H3. The SMILES string of the molecule is CCCCCC1CCC(c2ccc(B(O)O)c(F)c2)CC1. The van der Waals surface area contributed by atoms with Crippen LogP contribution in [0.3, 0.4) is 0 Å². The first kappa shape index (κ1) is 16.5. The summed E-state index contributed by atoms with van der Waals surface area (Å²) in [5.74, 6) is 0.760. The van der Waals surface area contributed by atoms with Gasteiger partial charge in [0.05, 0.1) is 0 Å². The normalized spacial score (nSPS) is 22.3. The molecule has 2 N–H and O–H groups in total. The fourth-order valence-electron chi connectivity index (χ4n) is 3.47. The van der Waals surface area contributed by atoms with E-state index in [1.807, 2.05) is 6.07 Å². The zero-order valence-corrected chi connectivity index (χ0v) is 12.9. The van der Waals surface area contributed by atoms with Gasteiger partial charge >= 0.3 is 7.12 Å². The van der Waals surface area contributed by atoms with E-state index < -0.39 is 12.9 Å². The lowest BCUT2D eigenvalue weighted by molar-refractivity contribution is 0.302. The summed E-state index contributed by atoms with van der Waals surface area (Å²) in [6, 6.07) is 4.83. The molecule has 0 heterocycles. The summed E-state index contributed by atoms with van der Waals surface area (Å²) >= 11 is 0. The third-order valence-electron chi connectivity index (χ3n) is 4.84. The van der Waals surface area contributed by atoms with Crippen molar-refractivity contribution in [2.45, 2.75) is 64.2 Å². The van der Waals surface area contributed by atoms with Gasteiger partial charge in [-0.1, -0.05) is 44.7 Å². The topological polar surface area (TPSA) is 40.5 Å². The molecule has 4 heteroatoms. The van der Waals surface area contributed by atoms with Gasteiger partial charge in [0.2, 0.25) is 0 Å². The number of hydrogen-bond donors (Lipinski definition) is 2. The monoisotopic (exact) mass is 292 g/mol. The lowest BCUT2D eigenvalue weighted by Crippen LogP contribution is -2.32. The second-order valence-corrected chi connectivity index (χ2v) is 6.37. The van der Waals surface area contributed by atoms with E-state index in [9.17, 15) is 4.39 Å². The van der Waals surface area contributed by atoms with Gasteiger partial charge in [-0.25, -0.2) is 4.39 Å². The zero-order chi connectivity index (χ0) is 15.2. The Labute approximate surface area is 127 Å². The van der Waals surface area contributed by atoms with Crippen molar-refractivity contribution in [3.63, 3.8) is 0 Å². The van der Waals surface area contributed by atoms with Crippen molar-refractivity contribution in [2.75, 3.05) is 0 Å². The highest BCUT2D eigenvalue weighted by Gasteiger charge is 2.24. The van der Waals surface area contributed by atoms with Gasteiger partial charge in [-0.2, -0.15) is 0 Å². The van der Waals surface area contributed by atoms with Gasteiger partial charge in [-0.05, 0) is 49.1 Å². The van der Waals surface area contributed by atoms with Crippen LogP contribution in [0.15, 0.2) is 18.2 Å². The van der Waals surface area contributed by atoms with Gasteiger partial charge in [0.1, 0.15) is 5.82 Å². The van der Waals surface area contributed by atoms with Crippen molar-refractivity contribution in [1.29, 1.82) is 0 Å². The summed E-state index contributed by atoms with van der Waals surface area (Å²) in [5, 5.41) is 18.1. The van der Waals surface area contributed by atoms with Crippen LogP contribution in [0.4, 0.5) is 4.39 Å². The molecule has 0 saturated heterocycles. The van der Waals surface area contributed by atoms with E-state index in [0.717, 1.165) is 24.3 Å². The first-order valence-electron chi connectivity index (χ1n) is 8.27. The largest absolute Gasteiger partial charge is 0.491 e. The first-order valence-corrected chi connectivity index (χ1v) is 8.27.